The highest BCUT2D eigenvalue weighted by atomic mass is 16.6. The van der Waals surface area contributed by atoms with Crippen molar-refractivity contribution >= 4 is 23.6 Å². The summed E-state index contributed by atoms with van der Waals surface area (Å²) in [5.74, 6) is -0.0789. The first kappa shape index (κ1) is 16.6. The Kier molecular flexibility index (Phi) is 4.43. The molecule has 1 aliphatic rings. The monoisotopic (exact) mass is 336 g/mol. The molecule has 0 bridgehead atoms. The molecule has 3 rings (SSSR count). The summed E-state index contributed by atoms with van der Waals surface area (Å²) in [5, 5.41) is 10.9. The Morgan fingerprint density at radius 3 is 2.52 bits per heavy atom. The van der Waals surface area contributed by atoms with Crippen LogP contribution in [0, 0.1) is 10.1 Å². The van der Waals surface area contributed by atoms with Crippen LogP contribution in [0.5, 0.6) is 0 Å². The molecule has 25 heavy (non-hydrogen) atoms. The van der Waals surface area contributed by atoms with Crippen LogP contribution in [0.25, 0.3) is 6.08 Å². The van der Waals surface area contributed by atoms with Crippen molar-refractivity contribution in [2.45, 2.75) is 19.8 Å². The summed E-state index contributed by atoms with van der Waals surface area (Å²) < 4.78 is 5.15. The molecular formula is C19H16N2O4. The largest absolute Gasteiger partial charge is 0.402 e. The van der Waals surface area contributed by atoms with Gasteiger partial charge in [-0.2, -0.15) is 0 Å². The van der Waals surface area contributed by atoms with Crippen molar-refractivity contribution in [1.82, 2.24) is 0 Å². The van der Waals surface area contributed by atoms with Gasteiger partial charge >= 0.3 is 5.97 Å². The average Bonchev–Trinajstić information content (AvgIpc) is 2.96. The van der Waals surface area contributed by atoms with E-state index in [0.29, 0.717) is 11.5 Å². The molecule has 0 N–H and O–H groups in total. The van der Waals surface area contributed by atoms with Crippen LogP contribution >= 0.6 is 0 Å². The smallest absolute Gasteiger partial charge is 0.363 e. The van der Waals surface area contributed by atoms with Gasteiger partial charge in [0.05, 0.1) is 4.92 Å². The van der Waals surface area contributed by atoms with Crippen molar-refractivity contribution in [2.24, 2.45) is 4.99 Å². The molecule has 0 saturated carbocycles. The third kappa shape index (κ3) is 3.63. The van der Waals surface area contributed by atoms with Crippen molar-refractivity contribution in [3.8, 4) is 0 Å². The number of nitro benzene ring substituents is 1. The van der Waals surface area contributed by atoms with E-state index in [1.165, 1.54) is 23.8 Å². The molecule has 1 aliphatic heterocycles. The maximum atomic E-state index is 12.0. The van der Waals surface area contributed by atoms with Gasteiger partial charge in [0, 0.05) is 17.7 Å². The molecule has 0 atom stereocenters. The number of hydrogen-bond donors (Lipinski definition) is 0. The van der Waals surface area contributed by atoms with Crippen LogP contribution in [0.1, 0.15) is 36.5 Å². The third-order valence-electron chi connectivity index (χ3n) is 3.83. The second kappa shape index (κ2) is 6.68. The van der Waals surface area contributed by atoms with Gasteiger partial charge in [-0.3, -0.25) is 10.1 Å². The highest BCUT2D eigenvalue weighted by molar-refractivity contribution is 6.13. The van der Waals surface area contributed by atoms with Crippen LogP contribution in [-0.4, -0.2) is 16.8 Å². The molecular weight excluding hydrogens is 320 g/mol. The first-order valence-electron chi connectivity index (χ1n) is 7.81. The standard InChI is InChI=1S/C19H16N2O4/c1-12(2)14-8-6-13(7-9-14)10-17-19(22)25-18(20-17)15-4-3-5-16(11-15)21(23)24/h3-12H,1-2H3. The molecule has 0 aromatic heterocycles. The van der Waals surface area contributed by atoms with Gasteiger partial charge < -0.3 is 4.74 Å². The number of benzene rings is 2. The Hall–Kier alpha value is -3.28. The van der Waals surface area contributed by atoms with Crippen LogP contribution in [0.3, 0.4) is 0 Å². The minimum atomic E-state index is -0.575. The number of ether oxygens (including phenoxy) is 1. The van der Waals surface area contributed by atoms with Crippen molar-refractivity contribution in [3.05, 3.63) is 81.0 Å². The molecule has 2 aromatic carbocycles. The minimum absolute atomic E-state index is 0.0683. The van der Waals surface area contributed by atoms with Gasteiger partial charge in [-0.25, -0.2) is 9.79 Å². The summed E-state index contributed by atoms with van der Waals surface area (Å²) in [4.78, 5) is 26.5. The predicted molar refractivity (Wildman–Crippen MR) is 94.2 cm³/mol. The first-order chi connectivity index (χ1) is 11.9. The lowest BCUT2D eigenvalue weighted by atomic mass is 10.0. The number of esters is 1. The van der Waals surface area contributed by atoms with Crippen molar-refractivity contribution in [3.63, 3.8) is 0 Å². The topological polar surface area (TPSA) is 81.8 Å². The second-order valence-corrected chi connectivity index (χ2v) is 5.96. The van der Waals surface area contributed by atoms with E-state index in [0.717, 1.165) is 5.56 Å². The van der Waals surface area contributed by atoms with E-state index >= 15 is 0 Å². The van der Waals surface area contributed by atoms with Gasteiger partial charge in [-0.15, -0.1) is 0 Å². The summed E-state index contributed by atoms with van der Waals surface area (Å²) in [7, 11) is 0. The summed E-state index contributed by atoms with van der Waals surface area (Å²) in [6.07, 6.45) is 1.64. The van der Waals surface area contributed by atoms with E-state index in [4.69, 9.17) is 4.74 Å². The summed E-state index contributed by atoms with van der Waals surface area (Å²) >= 11 is 0. The van der Waals surface area contributed by atoms with Crippen LogP contribution in [0.15, 0.2) is 59.2 Å². The zero-order chi connectivity index (χ0) is 18.0. The van der Waals surface area contributed by atoms with Crippen molar-refractivity contribution < 1.29 is 14.5 Å². The Morgan fingerprint density at radius 2 is 1.88 bits per heavy atom. The van der Waals surface area contributed by atoms with Gasteiger partial charge in [0.15, 0.2) is 5.70 Å². The lowest BCUT2D eigenvalue weighted by Gasteiger charge is -2.04. The summed E-state index contributed by atoms with van der Waals surface area (Å²) in [6.45, 7) is 4.22. The lowest BCUT2D eigenvalue weighted by molar-refractivity contribution is -0.384. The van der Waals surface area contributed by atoms with E-state index < -0.39 is 10.9 Å². The minimum Gasteiger partial charge on any atom is -0.402 e. The van der Waals surface area contributed by atoms with Crippen molar-refractivity contribution in [1.29, 1.82) is 0 Å². The molecule has 126 valence electrons. The zero-order valence-electron chi connectivity index (χ0n) is 13.8. The second-order valence-electron chi connectivity index (χ2n) is 5.96. The number of cyclic esters (lactones) is 1. The Bertz CT molecular complexity index is 896. The Morgan fingerprint density at radius 1 is 1.16 bits per heavy atom. The molecule has 0 unspecified atom stereocenters. The SMILES string of the molecule is CC(C)c1ccc(C=C2N=C(c3cccc([N+](=O)[O-])c3)OC2=O)cc1. The van der Waals surface area contributed by atoms with E-state index in [1.807, 2.05) is 24.3 Å². The summed E-state index contributed by atoms with van der Waals surface area (Å²) in [5.41, 5.74) is 2.51. The average molecular weight is 336 g/mol. The van der Waals surface area contributed by atoms with Gasteiger partial charge in [0.2, 0.25) is 5.90 Å². The number of aliphatic imine (C=N–C) groups is 1. The molecule has 0 radical (unpaired) electrons. The van der Waals surface area contributed by atoms with E-state index in [-0.39, 0.29) is 17.3 Å². The fraction of sp³-hybridized carbons (Fsp3) is 0.158. The quantitative estimate of drug-likeness (QED) is 0.365. The molecule has 1 heterocycles. The van der Waals surface area contributed by atoms with Gasteiger partial charge in [-0.05, 0) is 29.2 Å². The summed E-state index contributed by atoms with van der Waals surface area (Å²) in [6, 6.07) is 13.7. The number of hydrogen-bond acceptors (Lipinski definition) is 5. The molecule has 6 heteroatoms. The number of rotatable bonds is 4. The number of carbonyl (C=O) groups excluding carboxylic acids is 1. The van der Waals surface area contributed by atoms with E-state index in [1.54, 1.807) is 12.1 Å². The molecule has 2 aromatic rings. The molecule has 6 nitrogen and oxygen atoms in total. The van der Waals surface area contributed by atoms with Crippen LogP contribution in [0.2, 0.25) is 0 Å². The van der Waals surface area contributed by atoms with Crippen LogP contribution in [0.4, 0.5) is 5.69 Å². The number of non-ortho nitro benzene ring substituents is 1. The lowest BCUT2D eigenvalue weighted by Crippen LogP contribution is -2.05. The van der Waals surface area contributed by atoms with Crippen LogP contribution < -0.4 is 0 Å². The molecule has 0 fully saturated rings. The van der Waals surface area contributed by atoms with Crippen molar-refractivity contribution in [2.75, 3.05) is 0 Å². The molecule has 0 amide bonds. The fourth-order valence-corrected chi connectivity index (χ4v) is 2.42. The highest BCUT2D eigenvalue weighted by Gasteiger charge is 2.25. The molecule has 0 aliphatic carbocycles. The van der Waals surface area contributed by atoms with E-state index in [9.17, 15) is 14.9 Å². The molecule has 0 spiro atoms. The number of nitro groups is 1. The van der Waals surface area contributed by atoms with Crippen LogP contribution in [-0.2, 0) is 9.53 Å². The highest BCUT2D eigenvalue weighted by Crippen LogP contribution is 2.22. The number of nitrogens with zero attached hydrogens (tertiary/aromatic N) is 2. The maximum absolute atomic E-state index is 12.0. The predicted octanol–water partition coefficient (Wildman–Crippen LogP) is 4.06. The third-order valence-corrected chi connectivity index (χ3v) is 3.83. The Balaban J connectivity index is 1.89. The van der Waals surface area contributed by atoms with E-state index in [2.05, 4.69) is 18.8 Å². The zero-order valence-corrected chi connectivity index (χ0v) is 13.8. The first-order valence-corrected chi connectivity index (χ1v) is 7.81. The fourth-order valence-electron chi connectivity index (χ4n) is 2.42. The van der Waals surface area contributed by atoms with Gasteiger partial charge in [0.25, 0.3) is 5.69 Å². The molecule has 0 saturated heterocycles. The normalized spacial score (nSPS) is 15.4. The Labute approximate surface area is 144 Å². The van der Waals surface area contributed by atoms with Gasteiger partial charge in [0.1, 0.15) is 0 Å². The van der Waals surface area contributed by atoms with Gasteiger partial charge in [-0.1, -0.05) is 44.2 Å². The number of carbonyl (C=O) groups is 1. The maximum Gasteiger partial charge on any atom is 0.363 e.